The third kappa shape index (κ3) is 3.49. The number of aryl methyl sites for hydroxylation is 1. The monoisotopic (exact) mass is 259 g/mol. The van der Waals surface area contributed by atoms with E-state index in [1.54, 1.807) is 11.3 Å². The van der Waals surface area contributed by atoms with E-state index in [1.807, 2.05) is 7.05 Å². The highest BCUT2D eigenvalue weighted by Gasteiger charge is 2.41. The number of hydrogen-bond acceptors (Lipinski definition) is 2. The van der Waals surface area contributed by atoms with Gasteiger partial charge in [-0.1, -0.05) is 0 Å². The van der Waals surface area contributed by atoms with Gasteiger partial charge in [0.1, 0.15) is 0 Å². The maximum Gasteiger partial charge on any atom is 0.248 e. The normalized spacial score (nSPS) is 25.0. The van der Waals surface area contributed by atoms with Crippen LogP contribution in [0.1, 0.15) is 31.2 Å². The van der Waals surface area contributed by atoms with Crippen LogP contribution < -0.4 is 5.32 Å². The van der Waals surface area contributed by atoms with Gasteiger partial charge in [0, 0.05) is 18.9 Å². The zero-order valence-corrected chi connectivity index (χ0v) is 10.9. The van der Waals surface area contributed by atoms with Crippen molar-refractivity contribution in [1.82, 2.24) is 5.32 Å². The van der Waals surface area contributed by atoms with E-state index in [4.69, 9.17) is 0 Å². The first-order valence-electron chi connectivity index (χ1n) is 6.17. The summed E-state index contributed by atoms with van der Waals surface area (Å²) in [5.41, 5.74) is 1.32. The van der Waals surface area contributed by atoms with Crippen LogP contribution in [0.15, 0.2) is 16.8 Å². The Morgan fingerprint density at radius 1 is 1.59 bits per heavy atom. The van der Waals surface area contributed by atoms with Gasteiger partial charge < -0.3 is 5.32 Å². The van der Waals surface area contributed by atoms with Crippen LogP contribution in [-0.2, 0) is 6.42 Å². The topological polar surface area (TPSA) is 12.0 Å². The van der Waals surface area contributed by atoms with Crippen molar-refractivity contribution >= 4 is 11.3 Å². The maximum atomic E-state index is 13.2. The van der Waals surface area contributed by atoms with Crippen LogP contribution in [0, 0.1) is 5.92 Å². The van der Waals surface area contributed by atoms with Crippen LogP contribution in [0.25, 0.3) is 0 Å². The Morgan fingerprint density at radius 3 is 2.94 bits per heavy atom. The Kier molecular flexibility index (Phi) is 4.15. The Morgan fingerprint density at radius 2 is 2.41 bits per heavy atom. The lowest BCUT2D eigenvalue weighted by Gasteiger charge is -2.22. The summed E-state index contributed by atoms with van der Waals surface area (Å²) in [6, 6.07) is 2.34. The molecule has 1 N–H and O–H groups in total. The van der Waals surface area contributed by atoms with Crippen molar-refractivity contribution in [2.24, 2.45) is 5.92 Å². The van der Waals surface area contributed by atoms with Crippen molar-refractivity contribution in [1.29, 1.82) is 0 Å². The molecule has 1 aliphatic rings. The number of hydrogen-bond donors (Lipinski definition) is 1. The Balaban J connectivity index is 1.85. The molecule has 2 unspecified atom stereocenters. The Hall–Kier alpha value is -0.480. The number of nitrogens with one attached hydrogen (secondary N) is 1. The standard InChI is InChI=1S/C13H19F2NS/c1-16-12(3-2-10-5-7-17-9-10)11-4-6-13(14,15)8-11/h5,7,9,11-12,16H,2-4,6,8H2,1H3. The molecule has 1 nitrogen and oxygen atoms in total. The van der Waals surface area contributed by atoms with Crippen molar-refractivity contribution in [3.05, 3.63) is 22.4 Å². The molecule has 1 aliphatic carbocycles. The van der Waals surface area contributed by atoms with E-state index in [0.717, 1.165) is 12.8 Å². The van der Waals surface area contributed by atoms with E-state index in [1.165, 1.54) is 5.56 Å². The Bertz CT molecular complexity index is 337. The van der Waals surface area contributed by atoms with Gasteiger partial charge in [0.15, 0.2) is 0 Å². The molecule has 0 spiro atoms. The quantitative estimate of drug-likeness (QED) is 0.850. The predicted octanol–water partition coefficient (Wildman–Crippen LogP) is 3.70. The predicted molar refractivity (Wildman–Crippen MR) is 67.8 cm³/mol. The van der Waals surface area contributed by atoms with E-state index >= 15 is 0 Å². The molecule has 0 amide bonds. The molecule has 1 saturated carbocycles. The fourth-order valence-electron chi connectivity index (χ4n) is 2.70. The molecule has 17 heavy (non-hydrogen) atoms. The molecule has 96 valence electrons. The summed E-state index contributed by atoms with van der Waals surface area (Å²) < 4.78 is 26.4. The molecule has 2 atom stereocenters. The second-order valence-corrected chi connectivity index (χ2v) is 5.70. The largest absolute Gasteiger partial charge is 0.317 e. The van der Waals surface area contributed by atoms with E-state index in [0.29, 0.717) is 6.42 Å². The second kappa shape index (κ2) is 5.44. The SMILES string of the molecule is CNC(CCc1ccsc1)C1CCC(F)(F)C1. The fraction of sp³-hybridized carbons (Fsp3) is 0.692. The first-order chi connectivity index (χ1) is 8.11. The fourth-order valence-corrected chi connectivity index (χ4v) is 3.40. The number of rotatable bonds is 5. The number of halogens is 2. The maximum absolute atomic E-state index is 13.2. The van der Waals surface area contributed by atoms with Crippen LogP contribution in [0.4, 0.5) is 8.78 Å². The van der Waals surface area contributed by atoms with Gasteiger partial charge in [-0.15, -0.1) is 0 Å². The lowest BCUT2D eigenvalue weighted by atomic mass is 9.93. The highest BCUT2D eigenvalue weighted by atomic mass is 32.1. The van der Waals surface area contributed by atoms with E-state index in [-0.39, 0.29) is 24.8 Å². The highest BCUT2D eigenvalue weighted by molar-refractivity contribution is 7.07. The van der Waals surface area contributed by atoms with E-state index in [9.17, 15) is 8.78 Å². The third-order valence-corrected chi connectivity index (χ3v) is 4.44. The molecule has 0 aromatic carbocycles. The van der Waals surface area contributed by atoms with Crippen LogP contribution in [0.2, 0.25) is 0 Å². The summed E-state index contributed by atoms with van der Waals surface area (Å²) in [5, 5.41) is 7.41. The second-order valence-electron chi connectivity index (χ2n) is 4.92. The van der Waals surface area contributed by atoms with Gasteiger partial charge in [0.25, 0.3) is 0 Å². The first kappa shape index (κ1) is 13.0. The van der Waals surface area contributed by atoms with Crippen molar-refractivity contribution < 1.29 is 8.78 Å². The lowest BCUT2D eigenvalue weighted by Crippen LogP contribution is -2.33. The molecule has 0 radical (unpaired) electrons. The van der Waals surface area contributed by atoms with Gasteiger partial charge in [-0.05, 0) is 54.6 Å². The average molecular weight is 259 g/mol. The van der Waals surface area contributed by atoms with Gasteiger partial charge in [-0.2, -0.15) is 11.3 Å². The zero-order chi connectivity index (χ0) is 12.3. The summed E-state index contributed by atoms with van der Waals surface area (Å²) in [6.45, 7) is 0. The smallest absolute Gasteiger partial charge is 0.248 e. The zero-order valence-electron chi connectivity index (χ0n) is 10.1. The van der Waals surface area contributed by atoms with Crippen LogP contribution in [0.5, 0.6) is 0 Å². The van der Waals surface area contributed by atoms with Crippen LogP contribution >= 0.6 is 11.3 Å². The number of thiophene rings is 1. The average Bonchev–Trinajstić information content (AvgIpc) is 2.89. The third-order valence-electron chi connectivity index (χ3n) is 3.71. The number of alkyl halides is 2. The molecule has 1 aromatic rings. The molecule has 1 fully saturated rings. The van der Waals surface area contributed by atoms with Gasteiger partial charge in [0.2, 0.25) is 5.92 Å². The summed E-state index contributed by atoms with van der Waals surface area (Å²) in [6.07, 6.45) is 2.71. The van der Waals surface area contributed by atoms with Crippen molar-refractivity contribution in [3.63, 3.8) is 0 Å². The molecular formula is C13H19F2NS. The molecular weight excluding hydrogens is 240 g/mol. The van der Waals surface area contributed by atoms with Gasteiger partial charge in [-0.25, -0.2) is 8.78 Å². The van der Waals surface area contributed by atoms with Crippen molar-refractivity contribution in [2.75, 3.05) is 7.05 Å². The molecule has 4 heteroatoms. The first-order valence-corrected chi connectivity index (χ1v) is 7.11. The summed E-state index contributed by atoms with van der Waals surface area (Å²) in [4.78, 5) is 0. The highest BCUT2D eigenvalue weighted by Crippen LogP contribution is 2.41. The molecule has 0 aliphatic heterocycles. The van der Waals surface area contributed by atoms with Crippen LogP contribution in [0.3, 0.4) is 0 Å². The molecule has 0 saturated heterocycles. The van der Waals surface area contributed by atoms with Crippen LogP contribution in [-0.4, -0.2) is 19.0 Å². The van der Waals surface area contributed by atoms with Crippen molar-refractivity contribution in [2.45, 2.75) is 44.1 Å². The van der Waals surface area contributed by atoms with Gasteiger partial charge in [-0.3, -0.25) is 0 Å². The Labute approximate surface area is 105 Å². The van der Waals surface area contributed by atoms with Gasteiger partial charge >= 0.3 is 0 Å². The molecule has 1 aromatic heterocycles. The summed E-state index contributed by atoms with van der Waals surface area (Å²) >= 11 is 1.69. The van der Waals surface area contributed by atoms with Gasteiger partial charge in [0.05, 0.1) is 0 Å². The minimum Gasteiger partial charge on any atom is -0.317 e. The van der Waals surface area contributed by atoms with E-state index in [2.05, 4.69) is 22.1 Å². The van der Waals surface area contributed by atoms with E-state index < -0.39 is 5.92 Å². The molecule has 0 bridgehead atoms. The minimum absolute atomic E-state index is 0.0577. The summed E-state index contributed by atoms with van der Waals surface area (Å²) in [5.74, 6) is -2.30. The lowest BCUT2D eigenvalue weighted by molar-refractivity contribution is 0.00330. The molecule has 1 heterocycles. The summed E-state index contributed by atoms with van der Waals surface area (Å²) in [7, 11) is 1.88. The van der Waals surface area contributed by atoms with Crippen molar-refractivity contribution in [3.8, 4) is 0 Å². The minimum atomic E-state index is -2.43. The molecule has 2 rings (SSSR count).